The summed E-state index contributed by atoms with van der Waals surface area (Å²) in [6.45, 7) is -0.154. The van der Waals surface area contributed by atoms with Gasteiger partial charge in [-0.1, -0.05) is 0 Å². The Kier molecular flexibility index (Phi) is 4.82. The summed E-state index contributed by atoms with van der Waals surface area (Å²) in [7, 11) is 0. The molecule has 0 saturated heterocycles. The summed E-state index contributed by atoms with van der Waals surface area (Å²) in [4.78, 5) is 27.5. The van der Waals surface area contributed by atoms with Crippen LogP contribution < -0.4 is 10.4 Å². The Morgan fingerprint density at radius 1 is 1.18 bits per heavy atom. The van der Waals surface area contributed by atoms with Gasteiger partial charge in [-0.05, 0) is 35.9 Å². The zero-order chi connectivity index (χ0) is 20.5. The molecule has 0 atom stereocenters. The van der Waals surface area contributed by atoms with E-state index in [4.69, 9.17) is 0 Å². The first-order valence-corrected chi connectivity index (χ1v) is 7.69. The van der Waals surface area contributed by atoms with Gasteiger partial charge in [0.1, 0.15) is 5.75 Å². The second-order valence-corrected chi connectivity index (χ2v) is 5.61. The summed E-state index contributed by atoms with van der Waals surface area (Å²) in [6, 6.07) is 5.76. The van der Waals surface area contributed by atoms with E-state index in [0.717, 1.165) is 33.7 Å². The molecule has 2 heterocycles. The first-order valence-electron chi connectivity index (χ1n) is 7.69. The molecule has 0 aliphatic carbocycles. The molecule has 8 nitrogen and oxygen atoms in total. The molecule has 0 amide bonds. The Balaban J connectivity index is 1.93. The van der Waals surface area contributed by atoms with Crippen LogP contribution in [0.5, 0.6) is 11.6 Å². The summed E-state index contributed by atoms with van der Waals surface area (Å²) in [5.74, 6) is -2.17. The van der Waals surface area contributed by atoms with Gasteiger partial charge in [-0.3, -0.25) is 9.55 Å². The highest BCUT2D eigenvalue weighted by atomic mass is 19.4. The fraction of sp³-hybridized carbons (Fsp3) is 0.118. The lowest BCUT2D eigenvalue weighted by Gasteiger charge is -2.09. The SMILES string of the molecule is O=C(O)c1cnccc1Cn1cc(O)n(-c2ccc(OC(F)(F)F)cc2)c1=O. The number of hydrogen-bond acceptors (Lipinski definition) is 5. The highest BCUT2D eigenvalue weighted by molar-refractivity contribution is 5.88. The van der Waals surface area contributed by atoms with Gasteiger partial charge in [0.15, 0.2) is 0 Å². The average molecular weight is 395 g/mol. The Morgan fingerprint density at radius 3 is 2.46 bits per heavy atom. The summed E-state index contributed by atoms with van der Waals surface area (Å²) in [6.07, 6.45) is -1.26. The molecule has 0 aliphatic heterocycles. The summed E-state index contributed by atoms with van der Waals surface area (Å²) < 4.78 is 42.4. The van der Waals surface area contributed by atoms with Crippen molar-refractivity contribution in [2.75, 3.05) is 0 Å². The second-order valence-electron chi connectivity index (χ2n) is 5.61. The lowest BCUT2D eigenvalue weighted by atomic mass is 10.1. The molecule has 0 fully saturated rings. The Labute approximate surface area is 154 Å². The number of halogens is 3. The Hall–Kier alpha value is -3.76. The number of imidazole rings is 1. The molecule has 1 aromatic carbocycles. The van der Waals surface area contributed by atoms with Crippen molar-refractivity contribution in [3.05, 3.63) is 70.5 Å². The molecular weight excluding hydrogens is 383 g/mol. The van der Waals surface area contributed by atoms with Crippen LogP contribution in [-0.4, -0.2) is 36.7 Å². The van der Waals surface area contributed by atoms with Crippen molar-refractivity contribution in [1.82, 2.24) is 14.1 Å². The number of pyridine rings is 1. The van der Waals surface area contributed by atoms with Crippen molar-refractivity contribution < 1.29 is 32.9 Å². The van der Waals surface area contributed by atoms with Crippen LogP contribution >= 0.6 is 0 Å². The molecule has 0 saturated carbocycles. The fourth-order valence-electron chi connectivity index (χ4n) is 2.57. The van der Waals surface area contributed by atoms with Gasteiger partial charge in [-0.15, -0.1) is 13.2 Å². The van der Waals surface area contributed by atoms with Crippen LogP contribution in [0.25, 0.3) is 5.69 Å². The molecule has 3 aromatic rings. The molecule has 146 valence electrons. The van der Waals surface area contributed by atoms with E-state index < -0.39 is 29.7 Å². The van der Waals surface area contributed by atoms with Gasteiger partial charge in [0.2, 0.25) is 5.88 Å². The minimum absolute atomic E-state index is 0.101. The first-order chi connectivity index (χ1) is 13.2. The highest BCUT2D eigenvalue weighted by Gasteiger charge is 2.31. The first kappa shape index (κ1) is 19.0. The van der Waals surface area contributed by atoms with Crippen LogP contribution in [0, 0.1) is 0 Å². The molecule has 28 heavy (non-hydrogen) atoms. The van der Waals surface area contributed by atoms with Crippen molar-refractivity contribution in [3.8, 4) is 17.3 Å². The predicted molar refractivity (Wildman–Crippen MR) is 88.7 cm³/mol. The van der Waals surface area contributed by atoms with E-state index in [2.05, 4.69) is 9.72 Å². The summed E-state index contributed by atoms with van der Waals surface area (Å²) in [5.41, 5.74) is -0.426. The molecule has 0 aliphatic rings. The number of aromatic hydroxyl groups is 1. The molecular formula is C17H12F3N3O5. The zero-order valence-corrected chi connectivity index (χ0v) is 13.9. The summed E-state index contributed by atoms with van der Waals surface area (Å²) >= 11 is 0. The van der Waals surface area contributed by atoms with E-state index in [9.17, 15) is 33.0 Å². The van der Waals surface area contributed by atoms with Gasteiger partial charge in [0.05, 0.1) is 24.0 Å². The van der Waals surface area contributed by atoms with E-state index in [0.29, 0.717) is 0 Å². The standard InChI is InChI=1S/C17H12F3N3O5/c18-17(19,20)28-12-3-1-11(2-4-12)23-14(24)9-22(16(23)27)8-10-5-6-21-7-13(10)15(25)26/h1-7,9,24H,8H2,(H,25,26). The summed E-state index contributed by atoms with van der Waals surface area (Å²) in [5, 5.41) is 19.3. The maximum Gasteiger partial charge on any atom is 0.573 e. The van der Waals surface area contributed by atoms with Gasteiger partial charge >= 0.3 is 18.0 Å². The third-order valence-corrected chi connectivity index (χ3v) is 3.75. The molecule has 0 radical (unpaired) electrons. The van der Waals surface area contributed by atoms with Crippen LogP contribution in [0.1, 0.15) is 15.9 Å². The number of alkyl halides is 3. The normalized spacial score (nSPS) is 11.4. The number of carboxylic acid groups (broad SMARTS) is 1. The third kappa shape index (κ3) is 3.98. The minimum Gasteiger partial charge on any atom is -0.493 e. The minimum atomic E-state index is -4.85. The van der Waals surface area contributed by atoms with E-state index in [1.165, 1.54) is 24.4 Å². The van der Waals surface area contributed by atoms with Gasteiger partial charge in [-0.2, -0.15) is 0 Å². The molecule has 0 unspecified atom stereocenters. The van der Waals surface area contributed by atoms with E-state index in [1.54, 1.807) is 0 Å². The number of aromatic nitrogens is 3. The van der Waals surface area contributed by atoms with Crippen LogP contribution in [0.4, 0.5) is 13.2 Å². The predicted octanol–water partition coefficient (Wildman–Crippen LogP) is 2.38. The number of benzene rings is 1. The number of hydrogen-bond donors (Lipinski definition) is 2. The topological polar surface area (TPSA) is 107 Å². The van der Waals surface area contributed by atoms with E-state index >= 15 is 0 Å². The van der Waals surface area contributed by atoms with Crippen molar-refractivity contribution >= 4 is 5.97 Å². The maximum atomic E-state index is 12.6. The molecule has 0 spiro atoms. The molecule has 2 N–H and O–H groups in total. The Morgan fingerprint density at radius 2 is 1.86 bits per heavy atom. The van der Waals surface area contributed by atoms with Crippen LogP contribution in [0.2, 0.25) is 0 Å². The number of aromatic carboxylic acids is 1. The molecule has 0 bridgehead atoms. The smallest absolute Gasteiger partial charge is 0.493 e. The third-order valence-electron chi connectivity index (χ3n) is 3.75. The largest absolute Gasteiger partial charge is 0.573 e. The fourth-order valence-corrected chi connectivity index (χ4v) is 2.57. The number of carboxylic acids is 1. The van der Waals surface area contributed by atoms with Crippen LogP contribution in [0.15, 0.2) is 53.7 Å². The molecule has 11 heteroatoms. The van der Waals surface area contributed by atoms with Crippen molar-refractivity contribution in [1.29, 1.82) is 0 Å². The second kappa shape index (κ2) is 7.10. The van der Waals surface area contributed by atoms with Crippen molar-refractivity contribution in [3.63, 3.8) is 0 Å². The quantitative estimate of drug-likeness (QED) is 0.687. The lowest BCUT2D eigenvalue weighted by Crippen LogP contribution is -2.24. The lowest BCUT2D eigenvalue weighted by molar-refractivity contribution is -0.274. The van der Waals surface area contributed by atoms with Crippen molar-refractivity contribution in [2.45, 2.75) is 12.9 Å². The number of rotatable bonds is 5. The Bertz CT molecular complexity index is 1070. The van der Waals surface area contributed by atoms with Crippen LogP contribution in [0.3, 0.4) is 0 Å². The monoisotopic (exact) mass is 395 g/mol. The molecule has 3 rings (SSSR count). The van der Waals surface area contributed by atoms with Gasteiger partial charge in [0.25, 0.3) is 0 Å². The van der Waals surface area contributed by atoms with E-state index in [1.807, 2.05) is 0 Å². The number of carbonyl (C=O) groups is 1. The van der Waals surface area contributed by atoms with Gasteiger partial charge < -0.3 is 14.9 Å². The van der Waals surface area contributed by atoms with E-state index in [-0.39, 0.29) is 23.4 Å². The zero-order valence-electron chi connectivity index (χ0n) is 13.9. The van der Waals surface area contributed by atoms with Crippen molar-refractivity contribution in [2.24, 2.45) is 0 Å². The van der Waals surface area contributed by atoms with Gasteiger partial charge in [-0.25, -0.2) is 14.2 Å². The highest BCUT2D eigenvalue weighted by Crippen LogP contribution is 2.24. The average Bonchev–Trinajstić information content (AvgIpc) is 2.88. The van der Waals surface area contributed by atoms with Crippen LogP contribution in [-0.2, 0) is 6.54 Å². The molecule has 2 aromatic heterocycles. The number of nitrogens with zero attached hydrogens (tertiary/aromatic N) is 3. The maximum absolute atomic E-state index is 12.6. The number of ether oxygens (including phenoxy) is 1. The van der Waals surface area contributed by atoms with Gasteiger partial charge in [0, 0.05) is 12.4 Å².